The Bertz CT molecular complexity index is 2410. The second kappa shape index (κ2) is 10.6. The summed E-state index contributed by atoms with van der Waals surface area (Å²) >= 11 is 0. The summed E-state index contributed by atoms with van der Waals surface area (Å²) in [5.74, 6) is 0.571. The molecule has 0 aliphatic heterocycles. The van der Waals surface area contributed by atoms with Gasteiger partial charge in [-0.3, -0.25) is 0 Å². The zero-order chi connectivity index (χ0) is 31.7. The van der Waals surface area contributed by atoms with Crippen LogP contribution < -0.4 is 4.90 Å². The van der Waals surface area contributed by atoms with Gasteiger partial charge in [0.25, 0.3) is 0 Å². The van der Waals surface area contributed by atoms with Crippen molar-refractivity contribution in [3.05, 3.63) is 168 Å². The molecule has 0 saturated carbocycles. The Balaban J connectivity index is 1.20. The van der Waals surface area contributed by atoms with Gasteiger partial charge in [0, 0.05) is 22.5 Å². The zero-order valence-corrected chi connectivity index (χ0v) is 27.2. The van der Waals surface area contributed by atoms with Crippen LogP contribution in [0.4, 0.5) is 17.1 Å². The monoisotopic (exact) mass is 603 g/mol. The molecule has 226 valence electrons. The number of hydrogen-bond donors (Lipinski definition) is 0. The maximum atomic E-state index is 2.45. The van der Waals surface area contributed by atoms with Crippen molar-refractivity contribution in [2.45, 2.75) is 32.6 Å². The first-order valence-electron chi connectivity index (χ1n) is 16.8. The lowest BCUT2D eigenvalue weighted by Gasteiger charge is -2.29. The average Bonchev–Trinajstić information content (AvgIpc) is 3.33. The molecule has 1 unspecified atom stereocenters. The number of nitrogens with zero attached hydrogens (tertiary/aromatic N) is 1. The van der Waals surface area contributed by atoms with Crippen LogP contribution in [-0.2, 0) is 5.41 Å². The Morgan fingerprint density at radius 2 is 1.17 bits per heavy atom. The highest BCUT2D eigenvalue weighted by Gasteiger charge is 2.38. The SMILES string of the molecule is CC1C=CC2=C(C1)c1ccc(N(c3ccc(-c4ccccc4)cc3)c3ccc4c(ccc5c6ccccc6ccc45)c3)cc1C2(C)C. The first-order chi connectivity index (χ1) is 23.0. The topological polar surface area (TPSA) is 3.24 Å². The van der Waals surface area contributed by atoms with Crippen molar-refractivity contribution in [3.63, 3.8) is 0 Å². The van der Waals surface area contributed by atoms with Crippen LogP contribution in [0, 0.1) is 5.92 Å². The van der Waals surface area contributed by atoms with Gasteiger partial charge in [-0.1, -0.05) is 136 Å². The summed E-state index contributed by atoms with van der Waals surface area (Å²) in [6.45, 7) is 7.11. The molecule has 0 amide bonds. The molecular formula is C46H37N. The van der Waals surface area contributed by atoms with Crippen molar-refractivity contribution in [1.29, 1.82) is 0 Å². The van der Waals surface area contributed by atoms with E-state index in [1.165, 1.54) is 71.4 Å². The van der Waals surface area contributed by atoms with Crippen molar-refractivity contribution in [2.75, 3.05) is 4.90 Å². The van der Waals surface area contributed by atoms with Crippen LogP contribution in [0.25, 0.3) is 49.0 Å². The first kappa shape index (κ1) is 27.9. The Kier molecular flexibility index (Phi) is 6.27. The Morgan fingerprint density at radius 1 is 0.553 bits per heavy atom. The summed E-state index contributed by atoms with van der Waals surface area (Å²) in [6.07, 6.45) is 5.88. The van der Waals surface area contributed by atoms with Crippen LogP contribution in [-0.4, -0.2) is 0 Å². The van der Waals surface area contributed by atoms with E-state index in [1.54, 1.807) is 0 Å². The molecule has 7 aromatic rings. The summed E-state index contributed by atoms with van der Waals surface area (Å²) < 4.78 is 0. The van der Waals surface area contributed by atoms with Crippen molar-refractivity contribution in [1.82, 2.24) is 0 Å². The standard InChI is InChI=1S/C46H37N/c1-30-13-26-44-43(27-30)42-25-21-37(29-45(42)46(44,2)3)47(35-18-14-32(15-19-35)31-9-5-4-6-10-31)36-20-24-39-34(28-36)17-23-40-38-12-8-7-11-33(38)16-22-41(39)40/h4-26,28-30H,27H2,1-3H3. The number of fused-ring (bicyclic) bond motifs is 7. The molecule has 0 saturated heterocycles. The van der Waals surface area contributed by atoms with E-state index in [1.807, 2.05) is 0 Å². The molecule has 0 heterocycles. The smallest absolute Gasteiger partial charge is 0.0468 e. The van der Waals surface area contributed by atoms with Crippen LogP contribution >= 0.6 is 0 Å². The minimum atomic E-state index is -0.0365. The number of rotatable bonds is 4. The highest BCUT2D eigenvalue weighted by molar-refractivity contribution is 6.17. The second-order valence-electron chi connectivity index (χ2n) is 13.9. The average molecular weight is 604 g/mol. The highest BCUT2D eigenvalue weighted by atomic mass is 15.1. The van der Waals surface area contributed by atoms with Crippen LogP contribution in [0.3, 0.4) is 0 Å². The third-order valence-electron chi connectivity index (χ3n) is 10.6. The number of benzene rings is 7. The van der Waals surface area contributed by atoms with Crippen molar-refractivity contribution in [3.8, 4) is 11.1 Å². The molecule has 9 rings (SSSR count). The predicted octanol–water partition coefficient (Wildman–Crippen LogP) is 12.9. The molecule has 0 bridgehead atoms. The van der Waals surface area contributed by atoms with Crippen LogP contribution in [0.5, 0.6) is 0 Å². The van der Waals surface area contributed by atoms with Gasteiger partial charge in [0.05, 0.1) is 0 Å². The summed E-state index contributed by atoms with van der Waals surface area (Å²) in [5, 5.41) is 7.71. The molecule has 0 aromatic heterocycles. The molecule has 0 radical (unpaired) electrons. The van der Waals surface area contributed by atoms with Gasteiger partial charge in [-0.15, -0.1) is 0 Å². The van der Waals surface area contributed by atoms with Crippen LogP contribution in [0.2, 0.25) is 0 Å². The molecule has 2 aliphatic carbocycles. The first-order valence-corrected chi connectivity index (χ1v) is 16.8. The van der Waals surface area contributed by atoms with E-state index >= 15 is 0 Å². The molecule has 7 aromatic carbocycles. The number of anilines is 3. The van der Waals surface area contributed by atoms with Gasteiger partial charge >= 0.3 is 0 Å². The molecule has 2 aliphatic rings. The van der Waals surface area contributed by atoms with Gasteiger partial charge in [0.2, 0.25) is 0 Å². The second-order valence-corrected chi connectivity index (χ2v) is 13.9. The fourth-order valence-corrected chi connectivity index (χ4v) is 8.13. The van der Waals surface area contributed by atoms with Gasteiger partial charge in [-0.25, -0.2) is 0 Å². The Hall–Kier alpha value is -5.40. The molecule has 1 nitrogen and oxygen atoms in total. The lowest BCUT2D eigenvalue weighted by atomic mass is 9.79. The third-order valence-corrected chi connectivity index (χ3v) is 10.6. The van der Waals surface area contributed by atoms with Gasteiger partial charge in [0.1, 0.15) is 0 Å². The summed E-state index contributed by atoms with van der Waals surface area (Å²) in [5.41, 5.74) is 11.8. The van der Waals surface area contributed by atoms with E-state index in [9.17, 15) is 0 Å². The molecule has 1 atom stereocenters. The van der Waals surface area contributed by atoms with Crippen molar-refractivity contribution >= 4 is 55.0 Å². The minimum absolute atomic E-state index is 0.0365. The lowest BCUT2D eigenvalue weighted by Crippen LogP contribution is -2.18. The van der Waals surface area contributed by atoms with E-state index in [-0.39, 0.29) is 5.41 Å². The summed E-state index contributed by atoms with van der Waals surface area (Å²) in [6, 6.07) is 51.6. The molecule has 0 N–H and O–H groups in total. The molecule has 1 heteroatoms. The number of allylic oxidation sites excluding steroid dienone is 4. The largest absolute Gasteiger partial charge is 0.310 e. The van der Waals surface area contributed by atoms with Crippen molar-refractivity contribution < 1.29 is 0 Å². The van der Waals surface area contributed by atoms with E-state index in [0.717, 1.165) is 17.8 Å². The Morgan fingerprint density at radius 3 is 1.98 bits per heavy atom. The van der Waals surface area contributed by atoms with Gasteiger partial charge in [-0.2, -0.15) is 0 Å². The zero-order valence-electron chi connectivity index (χ0n) is 27.2. The molecule has 47 heavy (non-hydrogen) atoms. The molecule has 0 spiro atoms. The van der Waals surface area contributed by atoms with E-state index < -0.39 is 0 Å². The maximum absolute atomic E-state index is 2.45. The molecular weight excluding hydrogens is 567 g/mol. The van der Waals surface area contributed by atoms with Crippen LogP contribution in [0.1, 0.15) is 38.3 Å². The van der Waals surface area contributed by atoms with Gasteiger partial charge in [0.15, 0.2) is 0 Å². The predicted molar refractivity (Wildman–Crippen MR) is 202 cm³/mol. The van der Waals surface area contributed by atoms with E-state index in [2.05, 4.69) is 177 Å². The Labute approximate surface area is 277 Å². The quantitative estimate of drug-likeness (QED) is 0.181. The summed E-state index contributed by atoms with van der Waals surface area (Å²) in [4.78, 5) is 2.44. The number of hydrogen-bond acceptors (Lipinski definition) is 1. The van der Waals surface area contributed by atoms with E-state index in [0.29, 0.717) is 5.92 Å². The van der Waals surface area contributed by atoms with Crippen LogP contribution in [0.15, 0.2) is 157 Å². The fraction of sp³-hybridized carbons (Fsp3) is 0.130. The highest BCUT2D eigenvalue weighted by Crippen LogP contribution is 2.52. The lowest BCUT2D eigenvalue weighted by molar-refractivity contribution is 0.643. The maximum Gasteiger partial charge on any atom is 0.0468 e. The van der Waals surface area contributed by atoms with E-state index in [4.69, 9.17) is 0 Å². The van der Waals surface area contributed by atoms with Gasteiger partial charge < -0.3 is 4.90 Å². The normalized spacial score (nSPS) is 16.5. The van der Waals surface area contributed by atoms with Gasteiger partial charge in [-0.05, 0) is 114 Å². The fourth-order valence-electron chi connectivity index (χ4n) is 8.13. The molecule has 0 fully saturated rings. The minimum Gasteiger partial charge on any atom is -0.310 e. The summed E-state index contributed by atoms with van der Waals surface area (Å²) in [7, 11) is 0. The third kappa shape index (κ3) is 4.45. The van der Waals surface area contributed by atoms with Crippen molar-refractivity contribution in [2.24, 2.45) is 5.92 Å².